The van der Waals surface area contributed by atoms with Gasteiger partial charge in [-0.05, 0) is 78.3 Å². The molecule has 1 amide bonds. The van der Waals surface area contributed by atoms with Crippen molar-refractivity contribution in [1.82, 2.24) is 9.21 Å². The maximum Gasteiger partial charge on any atom is 0.255 e. The molecule has 0 aromatic heterocycles. The predicted molar refractivity (Wildman–Crippen MR) is 129 cm³/mol. The number of carbonyl (C=O) groups is 1. The summed E-state index contributed by atoms with van der Waals surface area (Å²) in [5.74, 6) is 0.358. The van der Waals surface area contributed by atoms with Crippen LogP contribution >= 0.6 is 15.9 Å². The molecule has 4 rings (SSSR count). The summed E-state index contributed by atoms with van der Waals surface area (Å²) in [6.45, 7) is 3.62. The normalized spacial score (nSPS) is 20.0. The molecule has 2 heterocycles. The number of nitrogens with zero attached hydrogens (tertiary/aromatic N) is 2. The summed E-state index contributed by atoms with van der Waals surface area (Å²) in [6, 6.07) is 11.4. The van der Waals surface area contributed by atoms with Gasteiger partial charge in [-0.2, -0.15) is 4.31 Å². The Balaban J connectivity index is 1.36. The zero-order valence-electron chi connectivity index (χ0n) is 18.5. The van der Waals surface area contributed by atoms with E-state index in [4.69, 9.17) is 9.47 Å². The van der Waals surface area contributed by atoms with Gasteiger partial charge in [0.1, 0.15) is 12.4 Å². The van der Waals surface area contributed by atoms with Gasteiger partial charge in [-0.15, -0.1) is 0 Å². The zero-order valence-corrected chi connectivity index (χ0v) is 20.9. The van der Waals surface area contributed by atoms with E-state index in [1.54, 1.807) is 30.3 Å². The van der Waals surface area contributed by atoms with Gasteiger partial charge in [-0.25, -0.2) is 8.42 Å². The number of nitrogens with one attached hydrogen (secondary N) is 1. The minimum absolute atomic E-state index is 0.114. The molecule has 178 valence electrons. The molecule has 2 aromatic rings. The van der Waals surface area contributed by atoms with Crippen LogP contribution in [0.2, 0.25) is 0 Å². The molecule has 2 aliphatic rings. The lowest BCUT2D eigenvalue weighted by atomic mass is 10.2. The number of hydrogen-bond donors (Lipinski definition) is 1. The van der Waals surface area contributed by atoms with Crippen molar-refractivity contribution in [2.75, 3.05) is 51.8 Å². The number of benzene rings is 2. The standard InChI is InChI=1S/C23H28BrN3O5S/c1-26-10-12-27(13-11-26)33(29,30)20-7-5-18(6-8-20)25-23(28)17-4-9-22(21(24)15-17)32-16-19-3-2-14-31-19/h4-9,15,19H,2-3,10-14,16H2,1H3,(H,25,28). The molecule has 10 heteroatoms. The molecule has 1 N–H and O–H groups in total. The highest BCUT2D eigenvalue weighted by atomic mass is 79.9. The van der Waals surface area contributed by atoms with Gasteiger partial charge in [0, 0.05) is 44.0 Å². The second-order valence-electron chi connectivity index (χ2n) is 8.28. The number of hydrogen-bond acceptors (Lipinski definition) is 6. The molecule has 33 heavy (non-hydrogen) atoms. The number of amides is 1. The van der Waals surface area contributed by atoms with Gasteiger partial charge in [-0.3, -0.25) is 4.79 Å². The van der Waals surface area contributed by atoms with E-state index in [0.717, 1.165) is 19.4 Å². The smallest absolute Gasteiger partial charge is 0.255 e. The van der Waals surface area contributed by atoms with Gasteiger partial charge in [0.2, 0.25) is 10.0 Å². The minimum atomic E-state index is -3.54. The van der Waals surface area contributed by atoms with Crippen LogP contribution in [0.4, 0.5) is 5.69 Å². The third-order valence-corrected chi connectivity index (χ3v) is 8.39. The number of piperazine rings is 1. The van der Waals surface area contributed by atoms with Gasteiger partial charge >= 0.3 is 0 Å². The molecular formula is C23H28BrN3O5S. The second kappa shape index (κ2) is 10.5. The van der Waals surface area contributed by atoms with Gasteiger partial charge in [0.15, 0.2) is 0 Å². The van der Waals surface area contributed by atoms with E-state index in [-0.39, 0.29) is 16.9 Å². The Morgan fingerprint density at radius 2 is 1.88 bits per heavy atom. The number of likely N-dealkylation sites (N-methyl/N-ethyl adjacent to an activating group) is 1. The fourth-order valence-electron chi connectivity index (χ4n) is 3.81. The van der Waals surface area contributed by atoms with Crippen molar-refractivity contribution >= 4 is 37.5 Å². The maximum absolute atomic E-state index is 12.9. The van der Waals surface area contributed by atoms with Crippen LogP contribution in [0, 0.1) is 0 Å². The Kier molecular flexibility index (Phi) is 7.70. The number of sulfonamides is 1. The topological polar surface area (TPSA) is 88.2 Å². The molecule has 0 bridgehead atoms. The first-order chi connectivity index (χ1) is 15.8. The quantitative estimate of drug-likeness (QED) is 0.583. The summed E-state index contributed by atoms with van der Waals surface area (Å²) in [5.41, 5.74) is 0.979. The second-order valence-corrected chi connectivity index (χ2v) is 11.1. The lowest BCUT2D eigenvalue weighted by Crippen LogP contribution is -2.46. The fourth-order valence-corrected chi connectivity index (χ4v) is 5.72. The Hall–Kier alpha value is -1.98. The summed E-state index contributed by atoms with van der Waals surface area (Å²) in [6.07, 6.45) is 2.16. The van der Waals surface area contributed by atoms with Crippen LogP contribution in [0.15, 0.2) is 51.8 Å². The molecule has 1 unspecified atom stereocenters. The van der Waals surface area contributed by atoms with Crippen molar-refractivity contribution in [3.63, 3.8) is 0 Å². The van der Waals surface area contributed by atoms with E-state index < -0.39 is 10.0 Å². The van der Waals surface area contributed by atoms with Crippen molar-refractivity contribution in [3.05, 3.63) is 52.5 Å². The number of halogens is 1. The first kappa shape index (κ1) is 24.2. The van der Waals surface area contributed by atoms with Crippen LogP contribution in [0.25, 0.3) is 0 Å². The van der Waals surface area contributed by atoms with Crippen LogP contribution in [0.1, 0.15) is 23.2 Å². The highest BCUT2D eigenvalue weighted by Crippen LogP contribution is 2.28. The molecule has 2 aromatic carbocycles. The summed E-state index contributed by atoms with van der Waals surface area (Å²) in [5, 5.41) is 2.81. The van der Waals surface area contributed by atoms with Gasteiger partial charge in [-0.1, -0.05) is 0 Å². The van der Waals surface area contributed by atoms with E-state index in [1.165, 1.54) is 16.4 Å². The van der Waals surface area contributed by atoms with E-state index in [2.05, 4.69) is 26.1 Å². The SMILES string of the molecule is CN1CCN(S(=O)(=O)c2ccc(NC(=O)c3ccc(OCC4CCCO4)c(Br)c3)cc2)CC1. The first-order valence-corrected chi connectivity index (χ1v) is 13.2. The van der Waals surface area contributed by atoms with Crippen LogP contribution in [0.5, 0.6) is 5.75 Å². The Bertz CT molecular complexity index is 1080. The average molecular weight is 538 g/mol. The highest BCUT2D eigenvalue weighted by Gasteiger charge is 2.27. The van der Waals surface area contributed by atoms with Gasteiger partial charge < -0.3 is 19.7 Å². The van der Waals surface area contributed by atoms with E-state index in [0.29, 0.717) is 54.3 Å². The highest BCUT2D eigenvalue weighted by molar-refractivity contribution is 9.10. The van der Waals surface area contributed by atoms with Crippen molar-refractivity contribution in [2.45, 2.75) is 23.8 Å². The third-order valence-electron chi connectivity index (χ3n) is 5.85. The Labute approximate surface area is 203 Å². The molecule has 2 saturated heterocycles. The molecule has 0 aliphatic carbocycles. The van der Waals surface area contributed by atoms with Crippen LogP contribution in [-0.4, -0.2) is 76.1 Å². The molecule has 8 nitrogen and oxygen atoms in total. The maximum atomic E-state index is 12.9. The zero-order chi connectivity index (χ0) is 23.4. The third kappa shape index (κ3) is 5.93. The molecule has 2 fully saturated rings. The van der Waals surface area contributed by atoms with Crippen molar-refractivity contribution in [2.24, 2.45) is 0 Å². The van der Waals surface area contributed by atoms with Crippen LogP contribution in [-0.2, 0) is 14.8 Å². The molecular weight excluding hydrogens is 510 g/mol. The average Bonchev–Trinajstić information content (AvgIpc) is 3.32. The fraction of sp³-hybridized carbons (Fsp3) is 0.435. The van der Waals surface area contributed by atoms with Gasteiger partial charge in [0.25, 0.3) is 5.91 Å². The van der Waals surface area contributed by atoms with Crippen LogP contribution < -0.4 is 10.1 Å². The van der Waals surface area contributed by atoms with E-state index >= 15 is 0 Å². The summed E-state index contributed by atoms with van der Waals surface area (Å²) in [7, 11) is -1.56. The molecule has 0 saturated carbocycles. The molecule has 0 spiro atoms. The lowest BCUT2D eigenvalue weighted by Gasteiger charge is -2.31. The van der Waals surface area contributed by atoms with E-state index in [9.17, 15) is 13.2 Å². The Morgan fingerprint density at radius 3 is 2.52 bits per heavy atom. The monoisotopic (exact) mass is 537 g/mol. The number of ether oxygens (including phenoxy) is 2. The summed E-state index contributed by atoms with van der Waals surface area (Å²) in [4.78, 5) is 15.0. The van der Waals surface area contributed by atoms with Gasteiger partial charge in [0.05, 0.1) is 15.5 Å². The minimum Gasteiger partial charge on any atom is -0.490 e. The lowest BCUT2D eigenvalue weighted by molar-refractivity contribution is 0.0677. The summed E-state index contributed by atoms with van der Waals surface area (Å²) >= 11 is 3.46. The van der Waals surface area contributed by atoms with Crippen LogP contribution in [0.3, 0.4) is 0 Å². The Morgan fingerprint density at radius 1 is 1.15 bits per heavy atom. The number of rotatable bonds is 7. The predicted octanol–water partition coefficient (Wildman–Crippen LogP) is 3.20. The van der Waals surface area contributed by atoms with Crippen molar-refractivity contribution < 1.29 is 22.7 Å². The van der Waals surface area contributed by atoms with E-state index in [1.807, 2.05) is 7.05 Å². The van der Waals surface area contributed by atoms with Crippen molar-refractivity contribution in [1.29, 1.82) is 0 Å². The van der Waals surface area contributed by atoms with Crippen molar-refractivity contribution in [3.8, 4) is 5.75 Å². The largest absolute Gasteiger partial charge is 0.490 e. The number of anilines is 1. The summed E-state index contributed by atoms with van der Waals surface area (Å²) < 4.78 is 39.3. The number of carbonyl (C=O) groups excluding carboxylic acids is 1. The molecule has 2 aliphatic heterocycles. The molecule has 0 radical (unpaired) electrons. The molecule has 1 atom stereocenters. The first-order valence-electron chi connectivity index (χ1n) is 11.0.